The van der Waals surface area contributed by atoms with Gasteiger partial charge in [0.05, 0.1) is 0 Å². The second kappa shape index (κ2) is 7.97. The fourth-order valence-electron chi connectivity index (χ4n) is 4.69. The van der Waals surface area contributed by atoms with Gasteiger partial charge in [-0.05, 0) is 68.6 Å². The SMILES string of the molecule is Cc1ccc(C#Cc2c3ccccc3c(-c3ccc4ccccc4c3)c3ccccc23)cc1. The Morgan fingerprint density at radius 1 is 0.485 bits per heavy atom. The third kappa shape index (κ3) is 3.45. The summed E-state index contributed by atoms with van der Waals surface area (Å²) in [6, 6.07) is 41.1. The van der Waals surface area contributed by atoms with Gasteiger partial charge < -0.3 is 0 Å². The van der Waals surface area contributed by atoms with E-state index >= 15 is 0 Å². The second-order valence-electron chi connectivity index (χ2n) is 8.52. The summed E-state index contributed by atoms with van der Waals surface area (Å²) in [5, 5.41) is 7.37. The van der Waals surface area contributed by atoms with Gasteiger partial charge in [-0.25, -0.2) is 0 Å². The number of rotatable bonds is 1. The Morgan fingerprint density at radius 3 is 1.73 bits per heavy atom. The lowest BCUT2D eigenvalue weighted by Crippen LogP contribution is -1.90. The first-order chi connectivity index (χ1) is 16.3. The second-order valence-corrected chi connectivity index (χ2v) is 8.52. The molecule has 0 radical (unpaired) electrons. The third-order valence-corrected chi connectivity index (χ3v) is 6.35. The number of fused-ring (bicyclic) bond motifs is 3. The van der Waals surface area contributed by atoms with Crippen LogP contribution < -0.4 is 0 Å². The molecular weight excluding hydrogens is 396 g/mol. The van der Waals surface area contributed by atoms with E-state index in [0.717, 1.165) is 11.1 Å². The van der Waals surface area contributed by atoms with Gasteiger partial charge in [-0.3, -0.25) is 0 Å². The van der Waals surface area contributed by atoms with Gasteiger partial charge in [-0.2, -0.15) is 0 Å². The average Bonchev–Trinajstić information content (AvgIpc) is 2.87. The Balaban J connectivity index is 1.67. The molecule has 6 aromatic rings. The highest BCUT2D eigenvalue weighted by molar-refractivity contribution is 6.16. The molecule has 0 saturated heterocycles. The minimum Gasteiger partial charge on any atom is -0.0616 e. The van der Waals surface area contributed by atoms with Crippen LogP contribution in [0.5, 0.6) is 0 Å². The molecule has 33 heavy (non-hydrogen) atoms. The summed E-state index contributed by atoms with van der Waals surface area (Å²) in [7, 11) is 0. The quantitative estimate of drug-likeness (QED) is 0.185. The molecule has 0 spiro atoms. The summed E-state index contributed by atoms with van der Waals surface area (Å²) >= 11 is 0. The van der Waals surface area contributed by atoms with Crippen molar-refractivity contribution in [3.05, 3.63) is 132 Å². The van der Waals surface area contributed by atoms with Crippen molar-refractivity contribution >= 4 is 32.3 Å². The normalized spacial score (nSPS) is 10.9. The van der Waals surface area contributed by atoms with Gasteiger partial charge in [0.2, 0.25) is 0 Å². The molecule has 0 amide bonds. The van der Waals surface area contributed by atoms with Gasteiger partial charge in [-0.1, -0.05) is 114 Å². The van der Waals surface area contributed by atoms with E-state index in [0.29, 0.717) is 0 Å². The van der Waals surface area contributed by atoms with Crippen LogP contribution in [0, 0.1) is 18.8 Å². The van der Waals surface area contributed by atoms with Crippen molar-refractivity contribution in [2.45, 2.75) is 6.92 Å². The van der Waals surface area contributed by atoms with E-state index in [4.69, 9.17) is 0 Å². The smallest absolute Gasteiger partial charge is 0.0406 e. The molecule has 6 aromatic carbocycles. The van der Waals surface area contributed by atoms with Crippen LogP contribution in [0.25, 0.3) is 43.4 Å². The van der Waals surface area contributed by atoms with Crippen LogP contribution >= 0.6 is 0 Å². The first-order valence-corrected chi connectivity index (χ1v) is 11.3. The van der Waals surface area contributed by atoms with Crippen molar-refractivity contribution in [2.24, 2.45) is 0 Å². The molecule has 0 heteroatoms. The molecule has 0 aliphatic carbocycles. The van der Waals surface area contributed by atoms with Crippen molar-refractivity contribution in [2.75, 3.05) is 0 Å². The van der Waals surface area contributed by atoms with Crippen LogP contribution in [-0.2, 0) is 0 Å². The Bertz CT molecular complexity index is 1650. The topological polar surface area (TPSA) is 0 Å². The summed E-state index contributed by atoms with van der Waals surface area (Å²) in [4.78, 5) is 0. The predicted molar refractivity (Wildman–Crippen MR) is 142 cm³/mol. The maximum Gasteiger partial charge on any atom is 0.0406 e. The number of aryl methyl sites for hydroxylation is 1. The van der Waals surface area contributed by atoms with Crippen LogP contribution in [0.1, 0.15) is 16.7 Å². The van der Waals surface area contributed by atoms with Crippen molar-refractivity contribution in [3.63, 3.8) is 0 Å². The molecule has 6 rings (SSSR count). The zero-order valence-corrected chi connectivity index (χ0v) is 18.5. The monoisotopic (exact) mass is 418 g/mol. The number of hydrogen-bond acceptors (Lipinski definition) is 0. The lowest BCUT2D eigenvalue weighted by atomic mass is 9.88. The minimum atomic E-state index is 1.03. The fourth-order valence-corrected chi connectivity index (χ4v) is 4.69. The minimum absolute atomic E-state index is 1.03. The zero-order valence-electron chi connectivity index (χ0n) is 18.5. The highest BCUT2D eigenvalue weighted by Crippen LogP contribution is 2.39. The molecular formula is C33H22. The lowest BCUT2D eigenvalue weighted by Gasteiger charge is -2.15. The van der Waals surface area contributed by atoms with E-state index in [1.165, 1.54) is 49.0 Å². The molecule has 0 aliphatic rings. The maximum atomic E-state index is 3.52. The molecule has 0 fully saturated rings. The first kappa shape index (κ1) is 19.4. The van der Waals surface area contributed by atoms with E-state index in [9.17, 15) is 0 Å². The number of benzene rings is 6. The molecule has 0 unspecified atom stereocenters. The van der Waals surface area contributed by atoms with Gasteiger partial charge in [0.25, 0.3) is 0 Å². The number of hydrogen-bond donors (Lipinski definition) is 0. The molecule has 154 valence electrons. The zero-order chi connectivity index (χ0) is 22.2. The van der Waals surface area contributed by atoms with Crippen molar-refractivity contribution in [1.82, 2.24) is 0 Å². The van der Waals surface area contributed by atoms with E-state index in [-0.39, 0.29) is 0 Å². The largest absolute Gasteiger partial charge is 0.0616 e. The van der Waals surface area contributed by atoms with E-state index in [1.807, 2.05) is 0 Å². The molecule has 0 atom stereocenters. The fraction of sp³-hybridized carbons (Fsp3) is 0.0303. The Kier molecular flexibility index (Phi) is 4.68. The van der Waals surface area contributed by atoms with E-state index in [2.05, 4.69) is 134 Å². The summed E-state index contributed by atoms with van der Waals surface area (Å²) in [5.41, 5.74) is 5.88. The average molecular weight is 419 g/mol. The Hall–Kier alpha value is -4.34. The standard InChI is InChI=1S/C33H22/c1-23-14-16-24(17-15-23)18-21-30-28-10-4-6-12-31(28)33(32-13-7-5-11-29(30)32)27-20-19-25-8-2-3-9-26(25)22-27/h2-17,19-20,22H,1H3. The molecule has 0 heterocycles. The maximum absolute atomic E-state index is 3.52. The molecule has 0 saturated carbocycles. The van der Waals surface area contributed by atoms with Crippen molar-refractivity contribution in [1.29, 1.82) is 0 Å². The van der Waals surface area contributed by atoms with E-state index < -0.39 is 0 Å². The molecule has 0 nitrogen and oxygen atoms in total. The summed E-state index contributed by atoms with van der Waals surface area (Å²) in [6.45, 7) is 2.10. The van der Waals surface area contributed by atoms with Gasteiger partial charge in [-0.15, -0.1) is 0 Å². The lowest BCUT2D eigenvalue weighted by molar-refractivity contribution is 1.46. The molecule has 0 bridgehead atoms. The summed E-state index contributed by atoms with van der Waals surface area (Å²) in [5.74, 6) is 6.93. The molecule has 0 aromatic heterocycles. The Labute approximate surface area is 194 Å². The van der Waals surface area contributed by atoms with Gasteiger partial charge in [0, 0.05) is 11.1 Å². The highest BCUT2D eigenvalue weighted by atomic mass is 14.2. The summed E-state index contributed by atoms with van der Waals surface area (Å²) < 4.78 is 0. The third-order valence-electron chi connectivity index (χ3n) is 6.35. The van der Waals surface area contributed by atoms with E-state index in [1.54, 1.807) is 0 Å². The highest BCUT2D eigenvalue weighted by Gasteiger charge is 2.14. The van der Waals surface area contributed by atoms with Crippen LogP contribution in [0.2, 0.25) is 0 Å². The van der Waals surface area contributed by atoms with Crippen molar-refractivity contribution in [3.8, 4) is 23.0 Å². The van der Waals surface area contributed by atoms with Crippen LogP contribution in [0.3, 0.4) is 0 Å². The Morgan fingerprint density at radius 2 is 1.06 bits per heavy atom. The van der Waals surface area contributed by atoms with Crippen molar-refractivity contribution < 1.29 is 0 Å². The predicted octanol–water partition coefficient (Wildman–Crippen LogP) is 8.52. The van der Waals surface area contributed by atoms with Crippen LogP contribution in [0.4, 0.5) is 0 Å². The van der Waals surface area contributed by atoms with Gasteiger partial charge in [0.1, 0.15) is 0 Å². The summed E-state index contributed by atoms with van der Waals surface area (Å²) in [6.07, 6.45) is 0. The van der Waals surface area contributed by atoms with Gasteiger partial charge in [0.15, 0.2) is 0 Å². The molecule has 0 aliphatic heterocycles. The van der Waals surface area contributed by atoms with Gasteiger partial charge >= 0.3 is 0 Å². The first-order valence-electron chi connectivity index (χ1n) is 11.3. The molecule has 0 N–H and O–H groups in total. The van der Waals surface area contributed by atoms with Crippen LogP contribution in [-0.4, -0.2) is 0 Å². The van der Waals surface area contributed by atoms with Crippen LogP contribution in [0.15, 0.2) is 115 Å².